The summed E-state index contributed by atoms with van der Waals surface area (Å²) < 4.78 is 0. The number of nitrogens with one attached hydrogen (secondary N) is 1. The highest BCUT2D eigenvalue weighted by Crippen LogP contribution is 2.49. The Morgan fingerprint density at radius 2 is 2.12 bits per heavy atom. The van der Waals surface area contributed by atoms with Gasteiger partial charge in [-0.25, -0.2) is 4.98 Å². The summed E-state index contributed by atoms with van der Waals surface area (Å²) in [5, 5.41) is 6.47. The Morgan fingerprint density at radius 1 is 1.31 bits per heavy atom. The molecule has 4 unspecified atom stereocenters. The van der Waals surface area contributed by atoms with Crippen molar-refractivity contribution in [2.45, 2.75) is 56.2 Å². The molecule has 4 atom stereocenters. The number of rotatable bonds is 6. The minimum atomic E-state index is 0.0620. The van der Waals surface area contributed by atoms with Gasteiger partial charge in [-0.2, -0.15) is 0 Å². The molecule has 1 heterocycles. The first-order chi connectivity index (χ1) is 12.6. The fourth-order valence-corrected chi connectivity index (χ4v) is 6.15. The number of carbonyl (C=O) groups is 1. The second kappa shape index (κ2) is 7.73. The molecule has 2 aliphatic rings. The summed E-state index contributed by atoms with van der Waals surface area (Å²) in [6.45, 7) is 4.22. The number of carbonyl (C=O) groups excluding carboxylic acids is 1. The number of aryl methyl sites for hydroxylation is 1. The van der Waals surface area contributed by atoms with E-state index in [1.54, 1.807) is 23.1 Å². The smallest absolute Gasteiger partial charge is 0.251 e. The monoisotopic (exact) mass is 386 g/mol. The molecule has 0 spiro atoms. The van der Waals surface area contributed by atoms with E-state index >= 15 is 0 Å². The van der Waals surface area contributed by atoms with Crippen molar-refractivity contribution in [1.29, 1.82) is 0 Å². The molecule has 3 nitrogen and oxygen atoms in total. The molecular formula is C21H26N2OS2. The third-order valence-electron chi connectivity index (χ3n) is 5.96. The van der Waals surface area contributed by atoms with Gasteiger partial charge in [0.1, 0.15) is 0 Å². The first-order valence-corrected chi connectivity index (χ1v) is 11.4. The molecule has 1 aromatic heterocycles. The SMILES string of the molecule is Cc1nc(CSc2ccc(C(=O)NC(C)C3CC4CCC3C4)cc2)cs1. The van der Waals surface area contributed by atoms with Gasteiger partial charge >= 0.3 is 0 Å². The van der Waals surface area contributed by atoms with E-state index in [1.165, 1.54) is 30.6 Å². The van der Waals surface area contributed by atoms with E-state index < -0.39 is 0 Å². The van der Waals surface area contributed by atoms with Crippen LogP contribution in [-0.4, -0.2) is 16.9 Å². The van der Waals surface area contributed by atoms with Gasteiger partial charge in [-0.05, 0) is 75.1 Å². The van der Waals surface area contributed by atoms with E-state index in [2.05, 4.69) is 22.6 Å². The topological polar surface area (TPSA) is 42.0 Å². The van der Waals surface area contributed by atoms with Crippen molar-refractivity contribution in [1.82, 2.24) is 10.3 Å². The molecular weight excluding hydrogens is 360 g/mol. The highest BCUT2D eigenvalue weighted by Gasteiger charge is 2.42. The Morgan fingerprint density at radius 3 is 2.73 bits per heavy atom. The summed E-state index contributed by atoms with van der Waals surface area (Å²) in [4.78, 5) is 18.3. The molecule has 138 valence electrons. The van der Waals surface area contributed by atoms with E-state index in [1.807, 2.05) is 31.2 Å². The van der Waals surface area contributed by atoms with Crippen LogP contribution in [0.1, 0.15) is 53.7 Å². The van der Waals surface area contributed by atoms with Gasteiger partial charge in [-0.3, -0.25) is 4.79 Å². The lowest BCUT2D eigenvalue weighted by molar-refractivity contribution is 0.0915. The second-order valence-electron chi connectivity index (χ2n) is 7.77. The van der Waals surface area contributed by atoms with E-state index in [9.17, 15) is 4.79 Å². The first kappa shape index (κ1) is 18.1. The fraction of sp³-hybridized carbons (Fsp3) is 0.524. The zero-order valence-corrected chi connectivity index (χ0v) is 17.0. The maximum absolute atomic E-state index is 12.6. The molecule has 2 saturated carbocycles. The highest BCUT2D eigenvalue weighted by molar-refractivity contribution is 7.98. The maximum atomic E-state index is 12.6. The van der Waals surface area contributed by atoms with Crippen LogP contribution in [0.2, 0.25) is 0 Å². The Labute approximate surface area is 164 Å². The fourth-order valence-electron chi connectivity index (χ4n) is 4.64. The summed E-state index contributed by atoms with van der Waals surface area (Å²) in [6, 6.07) is 8.25. The normalized spacial score (nSPS) is 25.4. The predicted molar refractivity (Wildman–Crippen MR) is 109 cm³/mol. The Hall–Kier alpha value is -1.33. The minimum absolute atomic E-state index is 0.0620. The number of hydrogen-bond donors (Lipinski definition) is 1. The quantitative estimate of drug-likeness (QED) is 0.685. The molecule has 2 fully saturated rings. The van der Waals surface area contributed by atoms with Gasteiger partial charge in [0.2, 0.25) is 0 Å². The standard InChI is InChI=1S/C21H26N2OS2/c1-13(20-10-15-3-4-17(20)9-15)22-21(24)16-5-7-19(8-6-16)26-12-18-11-25-14(2)23-18/h5-8,11,13,15,17,20H,3-4,9-10,12H2,1-2H3,(H,22,24). The van der Waals surface area contributed by atoms with Gasteiger partial charge in [0.15, 0.2) is 0 Å². The second-order valence-corrected chi connectivity index (χ2v) is 9.88. The van der Waals surface area contributed by atoms with Crippen LogP contribution in [0.5, 0.6) is 0 Å². The molecule has 4 rings (SSSR count). The number of thiazole rings is 1. The van der Waals surface area contributed by atoms with Gasteiger partial charge in [0, 0.05) is 27.6 Å². The zero-order chi connectivity index (χ0) is 18.1. The lowest BCUT2D eigenvalue weighted by atomic mass is 9.84. The number of nitrogens with zero attached hydrogens (tertiary/aromatic N) is 1. The van der Waals surface area contributed by atoms with Crippen LogP contribution in [0.25, 0.3) is 0 Å². The minimum Gasteiger partial charge on any atom is -0.349 e. The van der Waals surface area contributed by atoms with Gasteiger partial charge in [0.25, 0.3) is 5.91 Å². The predicted octanol–water partition coefficient (Wildman–Crippen LogP) is 5.30. The number of hydrogen-bond acceptors (Lipinski definition) is 4. The average Bonchev–Trinajstić information content (AvgIpc) is 3.37. The average molecular weight is 387 g/mol. The van der Waals surface area contributed by atoms with Crippen molar-refractivity contribution in [3.63, 3.8) is 0 Å². The van der Waals surface area contributed by atoms with E-state index in [4.69, 9.17) is 0 Å². The molecule has 1 amide bonds. The number of aromatic nitrogens is 1. The van der Waals surface area contributed by atoms with Crippen LogP contribution in [0.4, 0.5) is 0 Å². The third kappa shape index (κ3) is 3.99. The van der Waals surface area contributed by atoms with Crippen LogP contribution in [0.15, 0.2) is 34.5 Å². The van der Waals surface area contributed by atoms with E-state index in [0.717, 1.165) is 33.9 Å². The van der Waals surface area contributed by atoms with Gasteiger partial charge < -0.3 is 5.32 Å². The lowest BCUT2D eigenvalue weighted by Gasteiger charge is -2.28. The summed E-state index contributed by atoms with van der Waals surface area (Å²) in [5.74, 6) is 3.36. The molecule has 0 aliphatic heterocycles. The van der Waals surface area contributed by atoms with Crippen molar-refractivity contribution < 1.29 is 4.79 Å². The Bertz CT molecular complexity index is 771. The molecule has 2 bridgehead atoms. The first-order valence-electron chi connectivity index (χ1n) is 9.53. The molecule has 2 aliphatic carbocycles. The van der Waals surface area contributed by atoms with Gasteiger partial charge in [-0.1, -0.05) is 6.42 Å². The third-order valence-corrected chi connectivity index (χ3v) is 7.83. The van der Waals surface area contributed by atoms with Crippen LogP contribution in [0.3, 0.4) is 0 Å². The summed E-state index contributed by atoms with van der Waals surface area (Å²) in [5.41, 5.74) is 1.88. The summed E-state index contributed by atoms with van der Waals surface area (Å²) in [7, 11) is 0. The van der Waals surface area contributed by atoms with Crippen LogP contribution >= 0.6 is 23.1 Å². The Balaban J connectivity index is 1.30. The van der Waals surface area contributed by atoms with Gasteiger partial charge in [0.05, 0.1) is 10.7 Å². The van der Waals surface area contributed by atoms with E-state index in [-0.39, 0.29) is 11.9 Å². The van der Waals surface area contributed by atoms with Crippen LogP contribution in [-0.2, 0) is 5.75 Å². The molecule has 2 aromatic rings. The summed E-state index contributed by atoms with van der Waals surface area (Å²) >= 11 is 3.45. The highest BCUT2D eigenvalue weighted by atomic mass is 32.2. The number of fused-ring (bicyclic) bond motifs is 2. The molecule has 0 saturated heterocycles. The van der Waals surface area contributed by atoms with Crippen molar-refractivity contribution in [2.75, 3.05) is 0 Å². The van der Waals surface area contributed by atoms with Crippen molar-refractivity contribution in [3.8, 4) is 0 Å². The Kier molecular flexibility index (Phi) is 5.37. The molecule has 1 aromatic carbocycles. The lowest BCUT2D eigenvalue weighted by Crippen LogP contribution is -2.40. The van der Waals surface area contributed by atoms with Crippen molar-refractivity contribution in [3.05, 3.63) is 45.9 Å². The molecule has 1 N–H and O–H groups in total. The molecule has 0 radical (unpaired) electrons. The number of amides is 1. The van der Waals surface area contributed by atoms with Crippen molar-refractivity contribution >= 4 is 29.0 Å². The molecule has 5 heteroatoms. The molecule has 26 heavy (non-hydrogen) atoms. The largest absolute Gasteiger partial charge is 0.349 e. The maximum Gasteiger partial charge on any atom is 0.251 e. The summed E-state index contributed by atoms with van der Waals surface area (Å²) in [6.07, 6.45) is 5.45. The van der Waals surface area contributed by atoms with Crippen molar-refractivity contribution in [2.24, 2.45) is 17.8 Å². The van der Waals surface area contributed by atoms with Crippen LogP contribution in [0, 0.1) is 24.7 Å². The zero-order valence-electron chi connectivity index (χ0n) is 15.4. The van der Waals surface area contributed by atoms with Gasteiger partial charge in [-0.15, -0.1) is 23.1 Å². The van der Waals surface area contributed by atoms with E-state index in [0.29, 0.717) is 5.92 Å². The number of thioether (sulfide) groups is 1. The number of benzene rings is 1. The van der Waals surface area contributed by atoms with Crippen LogP contribution < -0.4 is 5.32 Å².